The van der Waals surface area contributed by atoms with Crippen molar-refractivity contribution in [3.05, 3.63) is 58.5 Å². The molecule has 47 heavy (non-hydrogen) atoms. The number of rotatable bonds is 12. The van der Waals surface area contributed by atoms with E-state index in [-0.39, 0.29) is 6.03 Å². The van der Waals surface area contributed by atoms with E-state index in [0.29, 0.717) is 46.4 Å². The Hall–Kier alpha value is -4.18. The molecule has 2 aromatic carbocycles. The number of pyridine rings is 1. The van der Waals surface area contributed by atoms with Gasteiger partial charge in [-0.15, -0.1) is 0 Å². The van der Waals surface area contributed by atoms with Gasteiger partial charge in [-0.25, -0.2) is 9.78 Å². The molecule has 0 spiro atoms. The highest BCUT2D eigenvalue weighted by Crippen LogP contribution is 2.39. The Kier molecular flexibility index (Phi) is 11.3. The minimum absolute atomic E-state index is 0.00519. The maximum atomic E-state index is 12.1. The van der Waals surface area contributed by atoms with E-state index in [4.69, 9.17) is 26.1 Å². The Labute approximate surface area is 285 Å². The fraction of sp³-hybridized carbons (Fsp3) is 0.412. The molecule has 2 amide bonds. The standard InChI is InChI=1S/C34H41ClN8O3S/c1-6-37-33(44)42-14-12-41(13-15-42)11-8-16-46-30-19-28-26(18-29(30)45-5)32(24(20-36)21-38-28)40-25-9-10-31(27(35)17-25)47-34-39-22(3)23(4)43(34)7-2/h9-10,17-19,21H,6-8,11-16H2,1-5H3,(H,37,44)(H,38,40). The molecule has 1 fully saturated rings. The van der Waals surface area contributed by atoms with E-state index in [1.165, 1.54) is 11.8 Å². The number of aromatic nitrogens is 3. The largest absolute Gasteiger partial charge is 0.493 e. The predicted molar refractivity (Wildman–Crippen MR) is 186 cm³/mol. The average molecular weight is 677 g/mol. The van der Waals surface area contributed by atoms with Crippen LogP contribution in [0.5, 0.6) is 11.5 Å². The molecule has 248 valence electrons. The van der Waals surface area contributed by atoms with Crippen LogP contribution in [0.4, 0.5) is 16.2 Å². The second-order valence-corrected chi connectivity index (χ2v) is 12.6. The Bertz CT molecular complexity index is 1780. The maximum Gasteiger partial charge on any atom is 0.317 e. The Morgan fingerprint density at radius 3 is 2.60 bits per heavy atom. The van der Waals surface area contributed by atoms with Crippen LogP contribution in [0, 0.1) is 25.2 Å². The summed E-state index contributed by atoms with van der Waals surface area (Å²) in [6.07, 6.45) is 2.38. The van der Waals surface area contributed by atoms with Gasteiger partial charge in [0.1, 0.15) is 6.07 Å². The SMILES string of the molecule is CCNC(=O)N1CCN(CCCOc2cc3ncc(C#N)c(Nc4ccc(Sc5nc(C)c(C)n5CC)c(Cl)c4)c3cc2OC)CC1. The lowest BCUT2D eigenvalue weighted by Crippen LogP contribution is -2.51. The molecule has 2 N–H and O–H groups in total. The van der Waals surface area contributed by atoms with Crippen LogP contribution < -0.4 is 20.1 Å². The molecule has 13 heteroatoms. The van der Waals surface area contributed by atoms with Gasteiger partial charge in [0.25, 0.3) is 0 Å². The van der Waals surface area contributed by atoms with Crippen molar-refractivity contribution in [1.29, 1.82) is 5.26 Å². The number of aryl methyl sites for hydroxylation is 1. The average Bonchev–Trinajstić information content (AvgIpc) is 3.35. The van der Waals surface area contributed by atoms with E-state index in [0.717, 1.165) is 78.2 Å². The summed E-state index contributed by atoms with van der Waals surface area (Å²) in [5.74, 6) is 1.14. The monoisotopic (exact) mass is 676 g/mol. The lowest BCUT2D eigenvalue weighted by Gasteiger charge is -2.34. The summed E-state index contributed by atoms with van der Waals surface area (Å²) in [6, 6.07) is 11.7. The highest BCUT2D eigenvalue weighted by molar-refractivity contribution is 7.99. The number of fused-ring (bicyclic) bond motifs is 1. The van der Waals surface area contributed by atoms with E-state index >= 15 is 0 Å². The van der Waals surface area contributed by atoms with Gasteiger partial charge in [-0.2, -0.15) is 5.26 Å². The summed E-state index contributed by atoms with van der Waals surface area (Å²) < 4.78 is 14.0. The second-order valence-electron chi connectivity index (χ2n) is 11.2. The Morgan fingerprint density at radius 1 is 1.13 bits per heavy atom. The minimum atomic E-state index is 0.00519. The van der Waals surface area contributed by atoms with Crippen molar-refractivity contribution in [2.75, 3.05) is 58.3 Å². The smallest absolute Gasteiger partial charge is 0.317 e. The highest BCUT2D eigenvalue weighted by atomic mass is 35.5. The fourth-order valence-corrected chi connectivity index (χ4v) is 6.92. The van der Waals surface area contributed by atoms with Crippen LogP contribution in [0.15, 0.2) is 46.6 Å². The molecule has 0 saturated carbocycles. The fourth-order valence-electron chi connectivity index (χ4n) is 5.58. The van der Waals surface area contributed by atoms with Crippen LogP contribution in [0.2, 0.25) is 5.02 Å². The van der Waals surface area contributed by atoms with Crippen LogP contribution in [-0.2, 0) is 6.54 Å². The summed E-state index contributed by atoms with van der Waals surface area (Å²) in [5, 5.41) is 18.4. The maximum absolute atomic E-state index is 12.1. The Balaban J connectivity index is 1.27. The topological polar surface area (TPSA) is 121 Å². The third-order valence-corrected chi connectivity index (χ3v) is 9.77. The Morgan fingerprint density at radius 2 is 1.91 bits per heavy atom. The summed E-state index contributed by atoms with van der Waals surface area (Å²) in [6.45, 7) is 14.1. The van der Waals surface area contributed by atoms with Crippen LogP contribution in [0.1, 0.15) is 37.2 Å². The number of anilines is 2. The van der Waals surface area contributed by atoms with Gasteiger partial charge >= 0.3 is 6.03 Å². The van der Waals surface area contributed by atoms with Crippen LogP contribution in [0.3, 0.4) is 0 Å². The summed E-state index contributed by atoms with van der Waals surface area (Å²) in [7, 11) is 1.60. The number of benzene rings is 2. The van der Waals surface area contributed by atoms with E-state index < -0.39 is 0 Å². The molecule has 5 rings (SSSR count). The molecule has 0 aliphatic carbocycles. The van der Waals surface area contributed by atoms with Gasteiger partial charge in [0, 0.05) is 79.7 Å². The van der Waals surface area contributed by atoms with Gasteiger partial charge in [-0.3, -0.25) is 9.88 Å². The normalized spacial score (nSPS) is 13.4. The van der Waals surface area contributed by atoms with E-state index in [1.807, 2.05) is 49.1 Å². The summed E-state index contributed by atoms with van der Waals surface area (Å²) in [4.78, 5) is 26.4. The van der Waals surface area contributed by atoms with Gasteiger partial charge in [-0.05, 0) is 58.4 Å². The molecule has 2 aromatic heterocycles. The van der Waals surface area contributed by atoms with Gasteiger partial charge in [0.2, 0.25) is 0 Å². The molecule has 0 atom stereocenters. The number of piperazine rings is 1. The number of nitrogens with zero attached hydrogens (tertiary/aromatic N) is 6. The molecule has 3 heterocycles. The molecule has 1 aliphatic rings. The molecule has 0 unspecified atom stereocenters. The number of carbonyl (C=O) groups is 1. The van der Waals surface area contributed by atoms with Crippen LogP contribution >= 0.6 is 23.4 Å². The van der Waals surface area contributed by atoms with Crippen LogP contribution in [0.25, 0.3) is 10.9 Å². The lowest BCUT2D eigenvalue weighted by molar-refractivity contribution is 0.134. The predicted octanol–water partition coefficient (Wildman–Crippen LogP) is 6.61. The van der Waals surface area contributed by atoms with Crippen molar-refractivity contribution in [2.24, 2.45) is 0 Å². The quantitative estimate of drug-likeness (QED) is 0.160. The zero-order valence-corrected chi connectivity index (χ0v) is 29.1. The highest BCUT2D eigenvalue weighted by Gasteiger charge is 2.21. The molecular formula is C34H41ClN8O3S. The number of imidazole rings is 1. The van der Waals surface area contributed by atoms with Crippen molar-refractivity contribution in [1.82, 2.24) is 29.7 Å². The molecule has 1 saturated heterocycles. The van der Waals surface area contributed by atoms with Crippen molar-refractivity contribution in [2.45, 2.75) is 50.7 Å². The summed E-state index contributed by atoms with van der Waals surface area (Å²) >= 11 is 8.29. The second kappa shape index (κ2) is 15.6. The molecule has 4 aromatic rings. The van der Waals surface area contributed by atoms with Crippen LogP contribution in [-0.4, -0.2) is 83.4 Å². The molecule has 11 nitrogen and oxygen atoms in total. The van der Waals surface area contributed by atoms with Gasteiger partial charge in [-0.1, -0.05) is 23.4 Å². The van der Waals surface area contributed by atoms with Crippen molar-refractivity contribution < 1.29 is 14.3 Å². The zero-order valence-electron chi connectivity index (χ0n) is 27.5. The first kappa shape index (κ1) is 34.2. The first-order chi connectivity index (χ1) is 22.8. The molecule has 1 aliphatic heterocycles. The summed E-state index contributed by atoms with van der Waals surface area (Å²) in [5.41, 5.74) is 4.56. The number of nitrogens with one attached hydrogen (secondary N) is 2. The number of nitriles is 1. The number of amides is 2. The third kappa shape index (κ3) is 7.87. The van der Waals surface area contributed by atoms with Gasteiger partial charge in [0.05, 0.1) is 41.2 Å². The first-order valence-electron chi connectivity index (χ1n) is 15.8. The number of halogens is 1. The zero-order chi connectivity index (χ0) is 33.5. The number of ether oxygens (including phenoxy) is 2. The number of hydrogen-bond acceptors (Lipinski definition) is 9. The van der Waals surface area contributed by atoms with Gasteiger partial charge < -0.3 is 29.6 Å². The molecule has 0 radical (unpaired) electrons. The molecular weight excluding hydrogens is 636 g/mol. The number of methoxy groups -OCH3 is 1. The first-order valence-corrected chi connectivity index (χ1v) is 17.0. The minimum Gasteiger partial charge on any atom is -0.493 e. The van der Waals surface area contributed by atoms with Crippen molar-refractivity contribution in [3.8, 4) is 17.6 Å². The third-order valence-electron chi connectivity index (χ3n) is 8.28. The van der Waals surface area contributed by atoms with E-state index in [9.17, 15) is 10.1 Å². The lowest BCUT2D eigenvalue weighted by atomic mass is 10.1. The number of urea groups is 1. The van der Waals surface area contributed by atoms with E-state index in [1.54, 1.807) is 13.3 Å². The van der Waals surface area contributed by atoms with E-state index in [2.05, 4.69) is 45.0 Å². The molecule has 0 bridgehead atoms. The number of hydrogen-bond donors (Lipinski definition) is 2. The van der Waals surface area contributed by atoms with Crippen molar-refractivity contribution in [3.63, 3.8) is 0 Å². The van der Waals surface area contributed by atoms with Gasteiger partial charge in [0.15, 0.2) is 16.7 Å². The number of carbonyl (C=O) groups excluding carboxylic acids is 1. The van der Waals surface area contributed by atoms with Crippen molar-refractivity contribution >= 4 is 51.7 Å².